The van der Waals surface area contributed by atoms with Crippen molar-refractivity contribution < 1.29 is 9.47 Å². The molecule has 4 nitrogen and oxygen atoms in total. The van der Waals surface area contributed by atoms with Gasteiger partial charge in [0, 0.05) is 0 Å². The average Bonchev–Trinajstić information content (AvgIpc) is 2.65. The summed E-state index contributed by atoms with van der Waals surface area (Å²) in [5.74, 6) is 1.45. The molecule has 118 valence electrons. The molecule has 0 aliphatic heterocycles. The molecule has 1 aromatic heterocycles. The van der Waals surface area contributed by atoms with Gasteiger partial charge in [0.15, 0.2) is 0 Å². The molecule has 3 aromatic carbocycles. The van der Waals surface area contributed by atoms with Crippen LogP contribution in [0.2, 0.25) is 0 Å². The molecule has 0 N–H and O–H groups in total. The van der Waals surface area contributed by atoms with Crippen LogP contribution in [0, 0.1) is 0 Å². The second kappa shape index (κ2) is 6.16. The van der Waals surface area contributed by atoms with Gasteiger partial charge in [-0.15, -0.1) is 0 Å². The van der Waals surface area contributed by atoms with E-state index < -0.39 is 0 Å². The Morgan fingerprint density at radius 2 is 1.33 bits per heavy atom. The minimum Gasteiger partial charge on any atom is -0.494 e. The zero-order valence-electron chi connectivity index (χ0n) is 13.3. The molecule has 0 amide bonds. The first-order valence-electron chi connectivity index (χ1n) is 7.75. The molecule has 4 heteroatoms. The van der Waals surface area contributed by atoms with Crippen molar-refractivity contribution >= 4 is 22.1 Å². The molecule has 24 heavy (non-hydrogen) atoms. The molecule has 0 saturated heterocycles. The third kappa shape index (κ3) is 2.63. The van der Waals surface area contributed by atoms with Gasteiger partial charge in [-0.05, 0) is 29.8 Å². The number of methoxy groups -OCH3 is 1. The summed E-state index contributed by atoms with van der Waals surface area (Å²) in [6.45, 7) is 0.498. The Bertz CT molecular complexity index is 1000. The van der Waals surface area contributed by atoms with E-state index in [0.29, 0.717) is 6.61 Å². The van der Waals surface area contributed by atoms with Crippen molar-refractivity contribution in [1.82, 2.24) is 9.97 Å². The van der Waals surface area contributed by atoms with Crippen molar-refractivity contribution in [2.75, 3.05) is 7.11 Å². The summed E-state index contributed by atoms with van der Waals surface area (Å²) in [7, 11) is 1.64. The largest absolute Gasteiger partial charge is 0.494 e. The van der Waals surface area contributed by atoms with Gasteiger partial charge in [-0.1, -0.05) is 42.5 Å². The summed E-state index contributed by atoms with van der Waals surface area (Å²) in [4.78, 5) is 9.43. The summed E-state index contributed by atoms with van der Waals surface area (Å²) in [6.07, 6.45) is 0. The summed E-state index contributed by atoms with van der Waals surface area (Å²) < 4.78 is 11.4. The topological polar surface area (TPSA) is 44.2 Å². The molecule has 0 fully saturated rings. The third-order valence-electron chi connectivity index (χ3n) is 3.88. The molecule has 0 saturated carbocycles. The van der Waals surface area contributed by atoms with Crippen molar-refractivity contribution in [3.63, 3.8) is 0 Å². The first kappa shape index (κ1) is 14.5. The number of aromatic nitrogens is 2. The van der Waals surface area contributed by atoms with Crippen molar-refractivity contribution in [3.05, 3.63) is 72.3 Å². The Hall–Kier alpha value is -3.14. The van der Waals surface area contributed by atoms with Crippen molar-refractivity contribution in [3.8, 4) is 11.5 Å². The highest BCUT2D eigenvalue weighted by Gasteiger charge is 2.10. The fourth-order valence-corrected chi connectivity index (χ4v) is 2.68. The summed E-state index contributed by atoms with van der Waals surface area (Å²) in [6, 6.07) is 21.6. The molecule has 1 heterocycles. The number of hydrogen-bond acceptors (Lipinski definition) is 4. The highest BCUT2D eigenvalue weighted by molar-refractivity contribution is 5.92. The van der Waals surface area contributed by atoms with Crippen LogP contribution < -0.4 is 9.47 Å². The predicted octanol–water partition coefficient (Wildman–Crippen LogP) is 4.37. The molecule has 4 aromatic rings. The van der Waals surface area contributed by atoms with Crippen LogP contribution in [0.1, 0.15) is 5.56 Å². The van der Waals surface area contributed by atoms with Gasteiger partial charge in [-0.3, -0.25) is 0 Å². The Morgan fingerprint density at radius 3 is 2.00 bits per heavy atom. The minimum absolute atomic E-state index is 0.498. The molecule has 4 rings (SSSR count). The maximum atomic E-state index is 5.98. The van der Waals surface area contributed by atoms with E-state index in [0.717, 1.165) is 39.1 Å². The smallest absolute Gasteiger partial charge is 0.147 e. The summed E-state index contributed by atoms with van der Waals surface area (Å²) in [5, 5.41) is 0. The van der Waals surface area contributed by atoms with Crippen molar-refractivity contribution in [2.24, 2.45) is 0 Å². The molecule has 0 atom stereocenters. The zero-order valence-corrected chi connectivity index (χ0v) is 13.3. The second-order valence-corrected chi connectivity index (χ2v) is 5.45. The molecular formula is C20H16N2O2. The summed E-state index contributed by atoms with van der Waals surface area (Å²) >= 11 is 0. The maximum absolute atomic E-state index is 5.98. The van der Waals surface area contributed by atoms with Gasteiger partial charge < -0.3 is 9.47 Å². The van der Waals surface area contributed by atoms with E-state index in [4.69, 9.17) is 19.4 Å². The molecule has 0 unspecified atom stereocenters. The Morgan fingerprint density at radius 1 is 0.708 bits per heavy atom. The lowest BCUT2D eigenvalue weighted by molar-refractivity contribution is 0.309. The maximum Gasteiger partial charge on any atom is 0.147 e. The standard InChI is InChI=1S/C20H16N2O2/c1-23-17-11-5-9-15-19(17)21-16-10-6-12-18(20(16)22-15)24-13-14-7-3-2-4-8-14/h2-12H,13H2,1H3. The van der Waals surface area contributed by atoms with Gasteiger partial charge in [0.25, 0.3) is 0 Å². The molecule has 0 aliphatic carbocycles. The third-order valence-corrected chi connectivity index (χ3v) is 3.88. The summed E-state index contributed by atoms with van der Waals surface area (Å²) in [5.41, 5.74) is 4.21. The van der Waals surface area contributed by atoms with Crippen LogP contribution in [0.15, 0.2) is 66.7 Å². The van der Waals surface area contributed by atoms with Crippen LogP contribution in [-0.4, -0.2) is 17.1 Å². The zero-order chi connectivity index (χ0) is 16.4. The normalized spacial score (nSPS) is 10.9. The molecule has 0 aliphatic rings. The fraction of sp³-hybridized carbons (Fsp3) is 0.100. The van der Waals surface area contributed by atoms with E-state index in [2.05, 4.69) is 0 Å². The monoisotopic (exact) mass is 316 g/mol. The van der Waals surface area contributed by atoms with E-state index in [9.17, 15) is 0 Å². The average molecular weight is 316 g/mol. The number of para-hydroxylation sites is 2. The quantitative estimate of drug-likeness (QED) is 0.524. The van der Waals surface area contributed by atoms with Gasteiger partial charge in [-0.25, -0.2) is 9.97 Å². The fourth-order valence-electron chi connectivity index (χ4n) is 2.68. The van der Waals surface area contributed by atoms with Crippen molar-refractivity contribution in [1.29, 1.82) is 0 Å². The molecule has 0 radical (unpaired) electrons. The number of nitrogens with zero attached hydrogens (tertiary/aromatic N) is 2. The number of fused-ring (bicyclic) bond motifs is 2. The van der Waals surface area contributed by atoms with Crippen molar-refractivity contribution in [2.45, 2.75) is 6.61 Å². The van der Waals surface area contributed by atoms with Crippen LogP contribution in [0.4, 0.5) is 0 Å². The molecule has 0 bridgehead atoms. The van der Waals surface area contributed by atoms with E-state index in [1.54, 1.807) is 7.11 Å². The van der Waals surface area contributed by atoms with Crippen LogP contribution in [0.25, 0.3) is 22.1 Å². The Balaban J connectivity index is 1.77. The number of rotatable bonds is 4. The lowest BCUT2D eigenvalue weighted by Gasteiger charge is -2.10. The van der Waals surface area contributed by atoms with Gasteiger partial charge in [0.1, 0.15) is 29.1 Å². The first-order chi connectivity index (χ1) is 11.8. The number of benzene rings is 3. The Kier molecular flexibility index (Phi) is 3.71. The first-order valence-corrected chi connectivity index (χ1v) is 7.75. The van der Waals surface area contributed by atoms with Crippen LogP contribution >= 0.6 is 0 Å². The van der Waals surface area contributed by atoms with Gasteiger partial charge in [-0.2, -0.15) is 0 Å². The van der Waals surface area contributed by atoms with Gasteiger partial charge in [0.2, 0.25) is 0 Å². The van der Waals surface area contributed by atoms with E-state index in [1.807, 2.05) is 66.7 Å². The lowest BCUT2D eigenvalue weighted by atomic mass is 10.2. The SMILES string of the molecule is COc1cccc2nc3c(OCc4ccccc4)cccc3nc12. The van der Waals surface area contributed by atoms with E-state index in [-0.39, 0.29) is 0 Å². The minimum atomic E-state index is 0.498. The highest BCUT2D eigenvalue weighted by Crippen LogP contribution is 2.29. The molecular weight excluding hydrogens is 300 g/mol. The van der Waals surface area contributed by atoms with Crippen LogP contribution in [0.3, 0.4) is 0 Å². The number of ether oxygens (including phenoxy) is 2. The van der Waals surface area contributed by atoms with E-state index in [1.165, 1.54) is 0 Å². The second-order valence-electron chi connectivity index (χ2n) is 5.45. The van der Waals surface area contributed by atoms with Crippen LogP contribution in [-0.2, 0) is 6.61 Å². The number of hydrogen-bond donors (Lipinski definition) is 0. The molecule has 0 spiro atoms. The van der Waals surface area contributed by atoms with Crippen LogP contribution in [0.5, 0.6) is 11.5 Å². The Labute approximate surface area is 139 Å². The van der Waals surface area contributed by atoms with Gasteiger partial charge in [0.05, 0.1) is 18.1 Å². The predicted molar refractivity (Wildman–Crippen MR) is 94.4 cm³/mol. The van der Waals surface area contributed by atoms with Gasteiger partial charge >= 0.3 is 0 Å². The van der Waals surface area contributed by atoms with E-state index >= 15 is 0 Å². The lowest BCUT2D eigenvalue weighted by Crippen LogP contribution is -1.98. The highest BCUT2D eigenvalue weighted by atomic mass is 16.5.